The maximum Gasteiger partial charge on any atom is 0.121 e. The molecule has 0 saturated heterocycles. The van der Waals surface area contributed by atoms with E-state index >= 15 is 0 Å². The summed E-state index contributed by atoms with van der Waals surface area (Å²) < 4.78 is 5.92. The van der Waals surface area contributed by atoms with Gasteiger partial charge in [-0.1, -0.05) is 37.9 Å². The molecule has 1 rings (SSSR count). The Kier molecular flexibility index (Phi) is 5.79. The van der Waals surface area contributed by atoms with Crippen molar-refractivity contribution in [2.24, 2.45) is 5.92 Å². The Morgan fingerprint density at radius 3 is 2.59 bits per heavy atom. The third kappa shape index (κ3) is 4.21. The van der Waals surface area contributed by atoms with E-state index in [-0.39, 0.29) is 6.10 Å². The fourth-order valence-corrected chi connectivity index (χ4v) is 2.24. The van der Waals surface area contributed by atoms with E-state index in [1.165, 1.54) is 0 Å². The molecule has 0 fully saturated rings. The van der Waals surface area contributed by atoms with Crippen molar-refractivity contribution in [1.29, 1.82) is 0 Å². The van der Waals surface area contributed by atoms with Crippen molar-refractivity contribution in [1.82, 2.24) is 5.32 Å². The number of halogens is 1. The average Bonchev–Trinajstić information content (AvgIpc) is 2.29. The summed E-state index contributed by atoms with van der Waals surface area (Å²) in [4.78, 5) is 0. The molecule has 3 heteroatoms. The summed E-state index contributed by atoms with van der Waals surface area (Å²) in [5.41, 5.74) is 0. The Labute approximate surface area is 109 Å². The lowest BCUT2D eigenvalue weighted by Crippen LogP contribution is -2.43. The molecule has 0 aliphatic carbocycles. The van der Waals surface area contributed by atoms with Crippen LogP contribution in [0.2, 0.25) is 5.02 Å². The van der Waals surface area contributed by atoms with Crippen LogP contribution in [-0.2, 0) is 0 Å². The Morgan fingerprint density at radius 1 is 1.35 bits per heavy atom. The zero-order valence-electron chi connectivity index (χ0n) is 11.0. The SMILES string of the molecule is CCC(C)C(NC)C(C)Oc1cccc(Cl)c1. The van der Waals surface area contributed by atoms with Crippen LogP contribution < -0.4 is 10.1 Å². The number of benzene rings is 1. The Morgan fingerprint density at radius 2 is 2.06 bits per heavy atom. The van der Waals surface area contributed by atoms with Gasteiger partial charge in [0.1, 0.15) is 11.9 Å². The minimum absolute atomic E-state index is 0.119. The van der Waals surface area contributed by atoms with E-state index < -0.39 is 0 Å². The van der Waals surface area contributed by atoms with Crippen LogP contribution in [0.4, 0.5) is 0 Å². The fraction of sp³-hybridized carbons (Fsp3) is 0.571. The maximum atomic E-state index is 5.94. The molecule has 0 heterocycles. The molecular weight excluding hydrogens is 234 g/mol. The molecule has 1 N–H and O–H groups in total. The smallest absolute Gasteiger partial charge is 0.121 e. The zero-order valence-corrected chi connectivity index (χ0v) is 11.8. The van der Waals surface area contributed by atoms with Crippen LogP contribution >= 0.6 is 11.6 Å². The number of ether oxygens (including phenoxy) is 1. The molecule has 3 unspecified atom stereocenters. The van der Waals surface area contributed by atoms with Crippen LogP contribution in [-0.4, -0.2) is 19.2 Å². The number of hydrogen-bond donors (Lipinski definition) is 1. The topological polar surface area (TPSA) is 21.3 Å². The zero-order chi connectivity index (χ0) is 12.8. The Hall–Kier alpha value is -0.730. The highest BCUT2D eigenvalue weighted by molar-refractivity contribution is 6.30. The lowest BCUT2D eigenvalue weighted by Gasteiger charge is -2.29. The van der Waals surface area contributed by atoms with Gasteiger partial charge in [-0.15, -0.1) is 0 Å². The van der Waals surface area contributed by atoms with E-state index in [4.69, 9.17) is 16.3 Å². The molecule has 96 valence electrons. The second-order valence-corrected chi connectivity index (χ2v) is 4.92. The van der Waals surface area contributed by atoms with Gasteiger partial charge in [-0.2, -0.15) is 0 Å². The van der Waals surface area contributed by atoms with E-state index in [2.05, 4.69) is 26.1 Å². The summed E-state index contributed by atoms with van der Waals surface area (Å²) in [5, 5.41) is 4.04. The van der Waals surface area contributed by atoms with Gasteiger partial charge in [-0.05, 0) is 38.1 Å². The van der Waals surface area contributed by atoms with Gasteiger partial charge in [-0.25, -0.2) is 0 Å². The largest absolute Gasteiger partial charge is 0.489 e. The van der Waals surface area contributed by atoms with Crippen molar-refractivity contribution in [2.45, 2.75) is 39.3 Å². The molecule has 0 aromatic heterocycles. The number of rotatable bonds is 6. The highest BCUT2D eigenvalue weighted by atomic mass is 35.5. The molecule has 3 atom stereocenters. The quantitative estimate of drug-likeness (QED) is 0.836. The lowest BCUT2D eigenvalue weighted by molar-refractivity contribution is 0.142. The fourth-order valence-electron chi connectivity index (χ4n) is 2.06. The van der Waals surface area contributed by atoms with Crippen molar-refractivity contribution in [2.75, 3.05) is 7.05 Å². The van der Waals surface area contributed by atoms with Gasteiger partial charge in [-0.3, -0.25) is 0 Å². The van der Waals surface area contributed by atoms with E-state index in [0.717, 1.165) is 12.2 Å². The summed E-state index contributed by atoms with van der Waals surface area (Å²) in [7, 11) is 1.98. The number of likely N-dealkylation sites (N-methyl/N-ethyl adjacent to an activating group) is 1. The second-order valence-electron chi connectivity index (χ2n) is 4.48. The van der Waals surface area contributed by atoms with Gasteiger partial charge in [0.2, 0.25) is 0 Å². The Bertz CT molecular complexity index is 343. The summed E-state index contributed by atoms with van der Waals surface area (Å²) in [6, 6.07) is 7.89. The highest BCUT2D eigenvalue weighted by Gasteiger charge is 2.22. The first-order valence-corrected chi connectivity index (χ1v) is 6.55. The van der Waals surface area contributed by atoms with Crippen LogP contribution in [0.5, 0.6) is 5.75 Å². The summed E-state index contributed by atoms with van der Waals surface area (Å²) in [6.07, 6.45) is 1.25. The monoisotopic (exact) mass is 255 g/mol. The lowest BCUT2D eigenvalue weighted by atomic mass is 9.95. The molecule has 17 heavy (non-hydrogen) atoms. The van der Waals surface area contributed by atoms with Crippen molar-refractivity contribution < 1.29 is 4.74 Å². The standard InChI is InChI=1S/C14H22ClNO/c1-5-10(2)14(16-4)11(3)17-13-8-6-7-12(15)9-13/h6-11,14,16H,5H2,1-4H3. The first-order valence-electron chi connectivity index (χ1n) is 6.18. The van der Waals surface area contributed by atoms with Gasteiger partial charge >= 0.3 is 0 Å². The molecule has 0 aliphatic rings. The van der Waals surface area contributed by atoms with Crippen molar-refractivity contribution in [3.8, 4) is 5.75 Å². The van der Waals surface area contributed by atoms with Gasteiger partial charge in [0, 0.05) is 11.1 Å². The molecular formula is C14H22ClNO. The van der Waals surface area contributed by atoms with Crippen LogP contribution in [0.1, 0.15) is 27.2 Å². The van der Waals surface area contributed by atoms with Crippen molar-refractivity contribution >= 4 is 11.6 Å². The van der Waals surface area contributed by atoms with Gasteiger partial charge in [0.25, 0.3) is 0 Å². The second kappa shape index (κ2) is 6.87. The third-order valence-corrected chi connectivity index (χ3v) is 3.45. The van der Waals surface area contributed by atoms with Crippen molar-refractivity contribution in [3.05, 3.63) is 29.3 Å². The molecule has 0 spiro atoms. The summed E-state index contributed by atoms with van der Waals surface area (Å²) in [6.45, 7) is 6.52. The van der Waals surface area contributed by atoms with Crippen LogP contribution in [0.3, 0.4) is 0 Å². The van der Waals surface area contributed by atoms with E-state index in [1.54, 1.807) is 0 Å². The highest BCUT2D eigenvalue weighted by Crippen LogP contribution is 2.21. The Balaban J connectivity index is 2.66. The van der Waals surface area contributed by atoms with E-state index in [9.17, 15) is 0 Å². The molecule has 0 amide bonds. The van der Waals surface area contributed by atoms with Crippen LogP contribution in [0, 0.1) is 5.92 Å². The minimum Gasteiger partial charge on any atom is -0.489 e. The van der Waals surface area contributed by atoms with Crippen LogP contribution in [0.15, 0.2) is 24.3 Å². The number of nitrogens with one attached hydrogen (secondary N) is 1. The first kappa shape index (κ1) is 14.3. The first-order chi connectivity index (χ1) is 8.08. The maximum absolute atomic E-state index is 5.94. The molecule has 0 radical (unpaired) electrons. The summed E-state index contributed by atoms with van der Waals surface area (Å²) in [5.74, 6) is 1.41. The molecule has 1 aromatic rings. The van der Waals surface area contributed by atoms with Gasteiger partial charge in [0.05, 0.1) is 0 Å². The third-order valence-electron chi connectivity index (χ3n) is 3.21. The molecule has 1 aromatic carbocycles. The van der Waals surface area contributed by atoms with E-state index in [1.807, 2.05) is 31.3 Å². The minimum atomic E-state index is 0.119. The normalized spacial score (nSPS) is 16.3. The van der Waals surface area contributed by atoms with E-state index in [0.29, 0.717) is 17.0 Å². The molecule has 0 aliphatic heterocycles. The predicted octanol–water partition coefficient (Wildman–Crippen LogP) is 3.74. The van der Waals surface area contributed by atoms with Crippen molar-refractivity contribution in [3.63, 3.8) is 0 Å². The van der Waals surface area contributed by atoms with Gasteiger partial charge in [0.15, 0.2) is 0 Å². The average molecular weight is 256 g/mol. The van der Waals surface area contributed by atoms with Crippen LogP contribution in [0.25, 0.3) is 0 Å². The molecule has 0 saturated carbocycles. The summed E-state index contributed by atoms with van der Waals surface area (Å²) >= 11 is 5.94. The number of hydrogen-bond acceptors (Lipinski definition) is 2. The predicted molar refractivity (Wildman–Crippen MR) is 73.8 cm³/mol. The molecule has 2 nitrogen and oxygen atoms in total. The van der Waals surface area contributed by atoms with Gasteiger partial charge < -0.3 is 10.1 Å². The molecule has 0 bridgehead atoms.